The van der Waals surface area contributed by atoms with E-state index in [-0.39, 0.29) is 5.25 Å². The predicted octanol–water partition coefficient (Wildman–Crippen LogP) is 2.81. The first-order valence-electron chi connectivity index (χ1n) is 6.84. The number of hydrogen-bond donors (Lipinski definition) is 1. The van der Waals surface area contributed by atoms with Crippen molar-refractivity contribution in [3.63, 3.8) is 0 Å². The molecule has 0 aliphatic heterocycles. The SMILES string of the molecule is Cc1cc(CNC2CCCC(S(C)(=O)=O)C2)sc1C. The minimum Gasteiger partial charge on any atom is -0.309 e. The van der Waals surface area contributed by atoms with E-state index in [1.165, 1.54) is 21.6 Å². The lowest BCUT2D eigenvalue weighted by Gasteiger charge is -2.28. The standard InChI is InChI=1S/C14H23NO2S2/c1-10-7-13(18-11(10)2)9-15-12-5-4-6-14(8-12)19(3,16)17/h7,12,14-15H,4-6,8-9H2,1-3H3. The Balaban J connectivity index is 1.89. The first-order valence-corrected chi connectivity index (χ1v) is 9.61. The number of hydrogen-bond acceptors (Lipinski definition) is 4. The summed E-state index contributed by atoms with van der Waals surface area (Å²) < 4.78 is 23.3. The molecule has 0 bridgehead atoms. The quantitative estimate of drug-likeness (QED) is 0.930. The highest BCUT2D eigenvalue weighted by Crippen LogP contribution is 2.25. The Morgan fingerprint density at radius 2 is 2.11 bits per heavy atom. The zero-order valence-corrected chi connectivity index (χ0v) is 13.5. The van der Waals surface area contributed by atoms with Crippen LogP contribution in [-0.2, 0) is 16.4 Å². The Bertz CT molecular complexity index is 514. The van der Waals surface area contributed by atoms with Crippen molar-refractivity contribution in [2.75, 3.05) is 6.26 Å². The van der Waals surface area contributed by atoms with E-state index in [0.29, 0.717) is 6.04 Å². The number of rotatable bonds is 4. The number of nitrogens with one attached hydrogen (secondary N) is 1. The van der Waals surface area contributed by atoms with E-state index in [1.807, 2.05) is 11.3 Å². The second kappa shape index (κ2) is 5.94. The van der Waals surface area contributed by atoms with E-state index >= 15 is 0 Å². The predicted molar refractivity (Wildman–Crippen MR) is 81.5 cm³/mol. The lowest BCUT2D eigenvalue weighted by Crippen LogP contribution is -2.38. The molecule has 0 saturated heterocycles. The summed E-state index contributed by atoms with van der Waals surface area (Å²) in [6, 6.07) is 2.57. The Kier molecular flexibility index (Phi) is 4.69. The molecule has 1 saturated carbocycles. The van der Waals surface area contributed by atoms with Crippen molar-refractivity contribution in [3.8, 4) is 0 Å². The molecule has 19 heavy (non-hydrogen) atoms. The first-order chi connectivity index (χ1) is 8.86. The third-order valence-electron chi connectivity index (χ3n) is 4.01. The minimum atomic E-state index is -2.88. The molecule has 2 unspecified atom stereocenters. The van der Waals surface area contributed by atoms with Crippen LogP contribution in [0.3, 0.4) is 0 Å². The van der Waals surface area contributed by atoms with Crippen LogP contribution < -0.4 is 5.32 Å². The van der Waals surface area contributed by atoms with Crippen LogP contribution in [-0.4, -0.2) is 26.0 Å². The molecule has 3 nitrogen and oxygen atoms in total. The van der Waals surface area contributed by atoms with Crippen LogP contribution in [0.4, 0.5) is 0 Å². The van der Waals surface area contributed by atoms with Gasteiger partial charge in [-0.2, -0.15) is 0 Å². The summed E-state index contributed by atoms with van der Waals surface area (Å²) >= 11 is 1.83. The molecule has 2 rings (SSSR count). The maximum absolute atomic E-state index is 11.6. The second-order valence-corrected chi connectivity index (χ2v) is 9.31. The van der Waals surface area contributed by atoms with Gasteiger partial charge in [-0.3, -0.25) is 0 Å². The van der Waals surface area contributed by atoms with Crippen molar-refractivity contribution >= 4 is 21.2 Å². The molecule has 1 aliphatic rings. The van der Waals surface area contributed by atoms with Gasteiger partial charge in [0.25, 0.3) is 0 Å². The van der Waals surface area contributed by atoms with Gasteiger partial charge >= 0.3 is 0 Å². The number of aryl methyl sites for hydroxylation is 2. The molecule has 0 amide bonds. The van der Waals surface area contributed by atoms with Crippen molar-refractivity contribution in [1.29, 1.82) is 0 Å². The summed E-state index contributed by atoms with van der Waals surface area (Å²) in [6.07, 6.45) is 5.07. The third kappa shape index (κ3) is 4.04. The highest BCUT2D eigenvalue weighted by Gasteiger charge is 2.28. The van der Waals surface area contributed by atoms with Gasteiger partial charge < -0.3 is 5.32 Å². The highest BCUT2D eigenvalue weighted by molar-refractivity contribution is 7.91. The molecule has 1 aromatic heterocycles. The molecular weight excluding hydrogens is 278 g/mol. The average Bonchev–Trinajstić information content (AvgIpc) is 2.66. The van der Waals surface area contributed by atoms with Crippen LogP contribution in [0.2, 0.25) is 0 Å². The Morgan fingerprint density at radius 1 is 1.37 bits per heavy atom. The largest absolute Gasteiger partial charge is 0.309 e. The maximum atomic E-state index is 11.6. The molecule has 1 aromatic rings. The first kappa shape index (κ1) is 15.0. The molecule has 1 N–H and O–H groups in total. The summed E-state index contributed by atoms with van der Waals surface area (Å²) in [6.45, 7) is 5.14. The van der Waals surface area contributed by atoms with Crippen molar-refractivity contribution in [3.05, 3.63) is 21.4 Å². The van der Waals surface area contributed by atoms with Gasteiger partial charge in [-0.15, -0.1) is 11.3 Å². The number of thiophene rings is 1. The lowest BCUT2D eigenvalue weighted by atomic mass is 9.95. The molecule has 2 atom stereocenters. The molecule has 0 radical (unpaired) electrons. The molecular formula is C14H23NO2S2. The number of sulfone groups is 1. The Labute approximate surface area is 120 Å². The molecule has 0 aromatic carbocycles. The van der Waals surface area contributed by atoms with E-state index in [1.54, 1.807) is 0 Å². The van der Waals surface area contributed by atoms with Gasteiger partial charge in [0.2, 0.25) is 0 Å². The van der Waals surface area contributed by atoms with E-state index in [4.69, 9.17) is 0 Å². The fourth-order valence-corrected chi connectivity index (χ4v) is 4.88. The fourth-order valence-electron chi connectivity index (χ4n) is 2.70. The highest BCUT2D eigenvalue weighted by atomic mass is 32.2. The summed E-state index contributed by atoms with van der Waals surface area (Å²) in [5.41, 5.74) is 1.35. The van der Waals surface area contributed by atoms with E-state index in [2.05, 4.69) is 25.2 Å². The van der Waals surface area contributed by atoms with E-state index < -0.39 is 9.84 Å². The molecule has 5 heteroatoms. The van der Waals surface area contributed by atoms with Gasteiger partial charge in [0.05, 0.1) is 5.25 Å². The molecule has 108 valence electrons. The van der Waals surface area contributed by atoms with Crippen LogP contribution >= 0.6 is 11.3 Å². The monoisotopic (exact) mass is 301 g/mol. The molecule has 1 aliphatic carbocycles. The topological polar surface area (TPSA) is 46.2 Å². The van der Waals surface area contributed by atoms with Crippen molar-refractivity contribution in [2.45, 2.75) is 57.4 Å². The third-order valence-corrected chi connectivity index (χ3v) is 6.81. The molecule has 1 heterocycles. The van der Waals surface area contributed by atoms with Crippen LogP contribution in [0, 0.1) is 13.8 Å². The minimum absolute atomic E-state index is 0.148. The summed E-state index contributed by atoms with van der Waals surface area (Å²) in [5.74, 6) is 0. The smallest absolute Gasteiger partial charge is 0.150 e. The van der Waals surface area contributed by atoms with Gasteiger partial charge in [0, 0.05) is 28.6 Å². The maximum Gasteiger partial charge on any atom is 0.150 e. The normalized spacial score (nSPS) is 24.6. The summed E-state index contributed by atoms with van der Waals surface area (Å²) in [4.78, 5) is 2.71. The summed E-state index contributed by atoms with van der Waals surface area (Å²) in [5, 5.41) is 3.38. The average molecular weight is 301 g/mol. The van der Waals surface area contributed by atoms with Crippen LogP contribution in [0.5, 0.6) is 0 Å². The Morgan fingerprint density at radius 3 is 2.68 bits per heavy atom. The van der Waals surface area contributed by atoms with Crippen molar-refractivity contribution in [2.24, 2.45) is 0 Å². The molecule has 1 fully saturated rings. The van der Waals surface area contributed by atoms with Crippen LogP contribution in [0.15, 0.2) is 6.07 Å². The fraction of sp³-hybridized carbons (Fsp3) is 0.714. The Hall–Kier alpha value is -0.390. The van der Waals surface area contributed by atoms with Gasteiger partial charge in [0.1, 0.15) is 9.84 Å². The van der Waals surface area contributed by atoms with Crippen molar-refractivity contribution in [1.82, 2.24) is 5.32 Å². The van der Waals surface area contributed by atoms with Crippen LogP contribution in [0.25, 0.3) is 0 Å². The lowest BCUT2D eigenvalue weighted by molar-refractivity contribution is 0.372. The van der Waals surface area contributed by atoms with E-state index in [0.717, 1.165) is 32.2 Å². The van der Waals surface area contributed by atoms with Gasteiger partial charge in [-0.1, -0.05) is 6.42 Å². The van der Waals surface area contributed by atoms with E-state index in [9.17, 15) is 8.42 Å². The van der Waals surface area contributed by atoms with Crippen LogP contribution in [0.1, 0.15) is 41.0 Å². The van der Waals surface area contributed by atoms with Gasteiger partial charge in [0.15, 0.2) is 0 Å². The van der Waals surface area contributed by atoms with Crippen molar-refractivity contribution < 1.29 is 8.42 Å². The van der Waals surface area contributed by atoms with Gasteiger partial charge in [-0.05, 0) is 44.7 Å². The zero-order valence-electron chi connectivity index (χ0n) is 11.9. The zero-order chi connectivity index (χ0) is 14.0. The molecule has 0 spiro atoms. The second-order valence-electron chi connectivity index (χ2n) is 5.65. The van der Waals surface area contributed by atoms with Gasteiger partial charge in [-0.25, -0.2) is 8.42 Å². The summed E-state index contributed by atoms with van der Waals surface area (Å²) in [7, 11) is -2.88.